The zero-order valence-corrected chi connectivity index (χ0v) is 11.6. The Bertz CT molecular complexity index is 553. The average Bonchev–Trinajstić information content (AvgIpc) is 2.27. The van der Waals surface area contributed by atoms with Crippen LogP contribution < -0.4 is 5.32 Å². The summed E-state index contributed by atoms with van der Waals surface area (Å²) in [6, 6.07) is 6.92. The lowest BCUT2D eigenvalue weighted by Gasteiger charge is -2.19. The first kappa shape index (κ1) is 14.5. The highest BCUT2D eigenvalue weighted by Crippen LogP contribution is 2.15. The Hall–Kier alpha value is -1.61. The van der Waals surface area contributed by atoms with E-state index in [4.69, 9.17) is 5.26 Å². The van der Waals surface area contributed by atoms with Crippen LogP contribution in [0.1, 0.15) is 26.5 Å². The summed E-state index contributed by atoms with van der Waals surface area (Å²) < 4.78 is 23.0. The average molecular weight is 267 g/mol. The van der Waals surface area contributed by atoms with Gasteiger partial charge >= 0.3 is 0 Å². The maximum atomic E-state index is 11.9. The van der Waals surface area contributed by atoms with Gasteiger partial charge in [-0.25, -0.2) is 13.4 Å². The summed E-state index contributed by atoms with van der Waals surface area (Å²) >= 11 is 0. The number of aromatic nitrogens is 1. The molecule has 1 N–H and O–H groups in total. The molecule has 0 spiro atoms. The van der Waals surface area contributed by atoms with Crippen LogP contribution in [0.15, 0.2) is 18.2 Å². The van der Waals surface area contributed by atoms with Crippen molar-refractivity contribution in [3.05, 3.63) is 23.9 Å². The molecule has 0 aliphatic heterocycles. The smallest absolute Gasteiger partial charge is 0.156 e. The molecule has 0 atom stereocenters. The fourth-order valence-corrected chi connectivity index (χ4v) is 2.20. The van der Waals surface area contributed by atoms with Crippen molar-refractivity contribution < 1.29 is 8.42 Å². The lowest BCUT2D eigenvalue weighted by Crippen LogP contribution is -2.33. The Morgan fingerprint density at radius 1 is 1.39 bits per heavy atom. The standard InChI is InChI=1S/C12H17N3O2S/c1-12(2,3)18(16,17)8-7-14-11-6-4-5-10(9-13)15-11/h4-6H,7-8H2,1-3H3,(H,14,15). The van der Waals surface area contributed by atoms with Crippen molar-refractivity contribution in [3.63, 3.8) is 0 Å². The molecule has 6 heteroatoms. The Kier molecular flexibility index (Phi) is 4.30. The molecule has 5 nitrogen and oxygen atoms in total. The van der Waals surface area contributed by atoms with E-state index in [0.717, 1.165) is 0 Å². The third kappa shape index (κ3) is 3.70. The van der Waals surface area contributed by atoms with Gasteiger partial charge in [-0.05, 0) is 32.9 Å². The molecule has 0 aromatic carbocycles. The summed E-state index contributed by atoms with van der Waals surface area (Å²) in [5, 5.41) is 11.6. The van der Waals surface area contributed by atoms with Crippen LogP contribution in [0.25, 0.3) is 0 Å². The normalized spacial score (nSPS) is 11.9. The predicted octanol–water partition coefficient (Wildman–Crippen LogP) is 1.58. The third-order valence-electron chi connectivity index (χ3n) is 2.47. The van der Waals surface area contributed by atoms with Gasteiger partial charge in [-0.1, -0.05) is 6.07 Å². The van der Waals surface area contributed by atoms with Gasteiger partial charge in [0, 0.05) is 6.54 Å². The first-order chi connectivity index (χ1) is 8.26. The van der Waals surface area contributed by atoms with Gasteiger partial charge in [0.1, 0.15) is 17.6 Å². The molecule has 0 aliphatic rings. The molecule has 0 saturated heterocycles. The van der Waals surface area contributed by atoms with E-state index in [9.17, 15) is 8.42 Å². The van der Waals surface area contributed by atoms with Crippen molar-refractivity contribution in [2.75, 3.05) is 17.6 Å². The molecule has 0 unspecified atom stereocenters. The SMILES string of the molecule is CC(C)(C)S(=O)(=O)CCNc1cccc(C#N)n1. The number of nitrogens with zero attached hydrogens (tertiary/aromatic N) is 2. The number of hydrogen-bond acceptors (Lipinski definition) is 5. The minimum atomic E-state index is -3.14. The molecule has 98 valence electrons. The number of hydrogen-bond donors (Lipinski definition) is 1. The molecule has 0 radical (unpaired) electrons. The third-order valence-corrected chi connectivity index (χ3v) is 5.08. The van der Waals surface area contributed by atoms with E-state index in [1.54, 1.807) is 39.0 Å². The molecule has 1 rings (SSSR count). The summed E-state index contributed by atoms with van der Waals surface area (Å²) in [4.78, 5) is 4.01. The van der Waals surface area contributed by atoms with Gasteiger partial charge in [-0.3, -0.25) is 0 Å². The van der Waals surface area contributed by atoms with E-state index in [2.05, 4.69) is 10.3 Å². The van der Waals surface area contributed by atoms with E-state index in [-0.39, 0.29) is 12.3 Å². The summed E-state index contributed by atoms with van der Waals surface area (Å²) in [5.74, 6) is 0.549. The van der Waals surface area contributed by atoms with Crippen LogP contribution in [-0.2, 0) is 9.84 Å². The van der Waals surface area contributed by atoms with E-state index < -0.39 is 14.6 Å². The quantitative estimate of drug-likeness (QED) is 0.895. The number of nitriles is 1. The Morgan fingerprint density at radius 2 is 2.06 bits per heavy atom. The number of sulfone groups is 1. The van der Waals surface area contributed by atoms with Crippen molar-refractivity contribution in [2.24, 2.45) is 0 Å². The minimum Gasteiger partial charge on any atom is -0.369 e. The van der Waals surface area contributed by atoms with Crippen LogP contribution in [-0.4, -0.2) is 30.4 Å². The Balaban J connectivity index is 2.60. The molecule has 0 saturated carbocycles. The number of nitrogens with one attached hydrogen (secondary N) is 1. The highest BCUT2D eigenvalue weighted by atomic mass is 32.2. The molecule has 1 aromatic rings. The zero-order chi connectivity index (χ0) is 13.8. The van der Waals surface area contributed by atoms with Crippen molar-refractivity contribution in [2.45, 2.75) is 25.5 Å². The van der Waals surface area contributed by atoms with Crippen LogP contribution in [0, 0.1) is 11.3 Å². The van der Waals surface area contributed by atoms with E-state index in [0.29, 0.717) is 11.5 Å². The molecule has 0 aliphatic carbocycles. The second-order valence-corrected chi connectivity index (χ2v) is 7.74. The summed E-state index contributed by atoms with van der Waals surface area (Å²) in [6.07, 6.45) is 0. The maximum Gasteiger partial charge on any atom is 0.156 e. The lowest BCUT2D eigenvalue weighted by atomic mass is 10.3. The van der Waals surface area contributed by atoms with Crippen molar-refractivity contribution in [1.82, 2.24) is 4.98 Å². The highest BCUT2D eigenvalue weighted by molar-refractivity contribution is 7.92. The monoisotopic (exact) mass is 267 g/mol. The minimum absolute atomic E-state index is 0.0367. The fourth-order valence-electron chi connectivity index (χ4n) is 1.22. The van der Waals surface area contributed by atoms with E-state index >= 15 is 0 Å². The molecule has 1 heterocycles. The molecule has 1 aromatic heterocycles. The van der Waals surface area contributed by atoms with Gasteiger partial charge in [0.05, 0.1) is 10.5 Å². The highest BCUT2D eigenvalue weighted by Gasteiger charge is 2.28. The van der Waals surface area contributed by atoms with Gasteiger partial charge in [0.25, 0.3) is 0 Å². The lowest BCUT2D eigenvalue weighted by molar-refractivity contribution is 0.560. The van der Waals surface area contributed by atoms with Gasteiger partial charge in [0.2, 0.25) is 0 Å². The molecular formula is C12H17N3O2S. The topological polar surface area (TPSA) is 82.9 Å². The van der Waals surface area contributed by atoms with Crippen LogP contribution in [0.3, 0.4) is 0 Å². The fraction of sp³-hybridized carbons (Fsp3) is 0.500. The van der Waals surface area contributed by atoms with Gasteiger partial charge in [-0.15, -0.1) is 0 Å². The first-order valence-electron chi connectivity index (χ1n) is 5.59. The molecule has 0 fully saturated rings. The maximum absolute atomic E-state index is 11.9. The van der Waals surface area contributed by atoms with Gasteiger partial charge < -0.3 is 5.32 Å². The predicted molar refractivity (Wildman–Crippen MR) is 71.0 cm³/mol. The second kappa shape index (κ2) is 5.36. The Morgan fingerprint density at radius 3 is 2.61 bits per heavy atom. The molecular weight excluding hydrogens is 250 g/mol. The van der Waals surface area contributed by atoms with Crippen LogP contribution in [0.2, 0.25) is 0 Å². The van der Waals surface area contributed by atoms with Crippen LogP contribution in [0.5, 0.6) is 0 Å². The van der Waals surface area contributed by atoms with Crippen molar-refractivity contribution in [3.8, 4) is 6.07 Å². The van der Waals surface area contributed by atoms with Gasteiger partial charge in [-0.2, -0.15) is 5.26 Å². The largest absolute Gasteiger partial charge is 0.369 e. The van der Waals surface area contributed by atoms with Gasteiger partial charge in [0.15, 0.2) is 9.84 Å². The first-order valence-corrected chi connectivity index (χ1v) is 7.25. The van der Waals surface area contributed by atoms with Crippen LogP contribution >= 0.6 is 0 Å². The van der Waals surface area contributed by atoms with E-state index in [1.165, 1.54) is 0 Å². The molecule has 0 bridgehead atoms. The molecule has 0 amide bonds. The number of anilines is 1. The second-order valence-electron chi connectivity index (χ2n) is 4.88. The summed E-state index contributed by atoms with van der Waals surface area (Å²) in [7, 11) is -3.14. The zero-order valence-electron chi connectivity index (χ0n) is 10.8. The summed E-state index contributed by atoms with van der Waals surface area (Å²) in [5.41, 5.74) is 0.304. The van der Waals surface area contributed by atoms with E-state index in [1.807, 2.05) is 6.07 Å². The Labute approximate surface area is 108 Å². The van der Waals surface area contributed by atoms with Crippen LogP contribution in [0.4, 0.5) is 5.82 Å². The number of pyridine rings is 1. The number of rotatable bonds is 4. The summed E-state index contributed by atoms with van der Waals surface area (Å²) in [6.45, 7) is 5.31. The van der Waals surface area contributed by atoms with Crippen molar-refractivity contribution >= 4 is 15.7 Å². The van der Waals surface area contributed by atoms with Crippen molar-refractivity contribution in [1.29, 1.82) is 5.26 Å². The molecule has 18 heavy (non-hydrogen) atoms.